The van der Waals surface area contributed by atoms with Crippen LogP contribution in [0.4, 0.5) is 0 Å². The average molecular weight is 238 g/mol. The van der Waals surface area contributed by atoms with Gasteiger partial charge in [-0.2, -0.15) is 0 Å². The highest BCUT2D eigenvalue weighted by molar-refractivity contribution is 5.86. The van der Waals surface area contributed by atoms with Crippen molar-refractivity contribution in [3.8, 4) is 0 Å². The molecule has 0 aromatic rings. The maximum Gasteiger partial charge on any atom is 0.242 e. The maximum atomic E-state index is 12.5. The second kappa shape index (κ2) is 4.97. The molecule has 1 aliphatic heterocycles. The summed E-state index contributed by atoms with van der Waals surface area (Å²) in [7, 11) is 1.87. The highest BCUT2D eigenvalue weighted by Crippen LogP contribution is 2.36. The van der Waals surface area contributed by atoms with Crippen LogP contribution in [-0.2, 0) is 4.79 Å². The smallest absolute Gasteiger partial charge is 0.242 e. The molecule has 2 aliphatic rings. The third kappa shape index (κ3) is 2.49. The second-order valence-electron chi connectivity index (χ2n) is 6.13. The van der Waals surface area contributed by atoms with Gasteiger partial charge in [0.25, 0.3) is 0 Å². The molecule has 1 atom stereocenters. The summed E-state index contributed by atoms with van der Waals surface area (Å²) in [6, 6.07) is 0.526. The minimum Gasteiger partial charge on any atom is -0.338 e. The van der Waals surface area contributed by atoms with Gasteiger partial charge in [-0.1, -0.05) is 12.8 Å². The number of carbonyl (C=O) groups is 1. The van der Waals surface area contributed by atoms with Crippen LogP contribution in [0, 0.1) is 5.92 Å². The van der Waals surface area contributed by atoms with Gasteiger partial charge in [-0.15, -0.1) is 0 Å². The van der Waals surface area contributed by atoms with Crippen molar-refractivity contribution in [1.82, 2.24) is 10.2 Å². The average Bonchev–Trinajstić information content (AvgIpc) is 2.97. The molecule has 0 bridgehead atoms. The van der Waals surface area contributed by atoms with Crippen LogP contribution in [0.15, 0.2) is 0 Å². The lowest BCUT2D eigenvalue weighted by Crippen LogP contribution is -2.55. The summed E-state index contributed by atoms with van der Waals surface area (Å²) in [5, 5.41) is 3.14. The molecule has 3 heteroatoms. The van der Waals surface area contributed by atoms with Gasteiger partial charge in [0.15, 0.2) is 0 Å². The Balaban J connectivity index is 2.06. The van der Waals surface area contributed by atoms with E-state index in [4.69, 9.17) is 0 Å². The predicted octanol–water partition coefficient (Wildman–Crippen LogP) is 2.17. The topological polar surface area (TPSA) is 32.3 Å². The molecular weight excluding hydrogens is 212 g/mol. The first-order valence-corrected chi connectivity index (χ1v) is 7.06. The SMILES string of the molecule is CNC(C)(C)C(=O)N1CCCC1C1CCCC1. The zero-order valence-electron chi connectivity index (χ0n) is 11.5. The molecule has 1 saturated heterocycles. The van der Waals surface area contributed by atoms with Gasteiger partial charge in [0.05, 0.1) is 5.54 Å². The number of amides is 1. The fourth-order valence-corrected chi connectivity index (χ4v) is 3.34. The highest BCUT2D eigenvalue weighted by atomic mass is 16.2. The van der Waals surface area contributed by atoms with Gasteiger partial charge in [0.2, 0.25) is 5.91 Å². The van der Waals surface area contributed by atoms with E-state index < -0.39 is 5.54 Å². The van der Waals surface area contributed by atoms with Crippen LogP contribution in [-0.4, -0.2) is 36.0 Å². The molecule has 0 aromatic heterocycles. The quantitative estimate of drug-likeness (QED) is 0.817. The van der Waals surface area contributed by atoms with Crippen molar-refractivity contribution in [2.75, 3.05) is 13.6 Å². The summed E-state index contributed by atoms with van der Waals surface area (Å²) in [6.45, 7) is 4.93. The Morgan fingerprint density at radius 2 is 1.82 bits per heavy atom. The molecule has 1 N–H and O–H groups in total. The van der Waals surface area contributed by atoms with E-state index in [1.807, 2.05) is 20.9 Å². The van der Waals surface area contributed by atoms with Crippen molar-refractivity contribution in [2.24, 2.45) is 5.92 Å². The zero-order chi connectivity index (χ0) is 12.5. The normalized spacial score (nSPS) is 26.8. The summed E-state index contributed by atoms with van der Waals surface area (Å²) in [4.78, 5) is 14.7. The molecular formula is C14H26N2O. The standard InChI is InChI=1S/C14H26N2O/c1-14(2,15-3)13(17)16-10-6-9-12(16)11-7-4-5-8-11/h11-12,15H,4-10H2,1-3H3. The lowest BCUT2D eigenvalue weighted by molar-refractivity contribution is -0.138. The third-order valence-electron chi connectivity index (χ3n) is 4.66. The number of hydrogen-bond acceptors (Lipinski definition) is 2. The molecule has 98 valence electrons. The Kier molecular flexibility index (Phi) is 3.76. The van der Waals surface area contributed by atoms with Crippen LogP contribution >= 0.6 is 0 Å². The van der Waals surface area contributed by atoms with E-state index in [1.54, 1.807) is 0 Å². The molecule has 1 saturated carbocycles. The molecule has 2 fully saturated rings. The first-order valence-electron chi connectivity index (χ1n) is 7.06. The van der Waals surface area contributed by atoms with Crippen molar-refractivity contribution in [1.29, 1.82) is 0 Å². The van der Waals surface area contributed by atoms with E-state index in [0.717, 1.165) is 12.5 Å². The van der Waals surface area contributed by atoms with Gasteiger partial charge < -0.3 is 10.2 Å². The number of rotatable bonds is 3. The Hall–Kier alpha value is -0.570. The molecule has 1 aliphatic carbocycles. The number of hydrogen-bond donors (Lipinski definition) is 1. The van der Waals surface area contributed by atoms with Gasteiger partial charge in [-0.3, -0.25) is 4.79 Å². The molecule has 0 spiro atoms. The van der Waals surface area contributed by atoms with E-state index >= 15 is 0 Å². The van der Waals surface area contributed by atoms with Gasteiger partial charge in [0, 0.05) is 12.6 Å². The summed E-state index contributed by atoms with van der Waals surface area (Å²) in [5.41, 5.74) is -0.415. The molecule has 17 heavy (non-hydrogen) atoms. The van der Waals surface area contributed by atoms with Crippen molar-refractivity contribution in [2.45, 2.75) is 64.0 Å². The molecule has 3 nitrogen and oxygen atoms in total. The summed E-state index contributed by atoms with van der Waals surface area (Å²) < 4.78 is 0. The predicted molar refractivity (Wildman–Crippen MR) is 69.8 cm³/mol. The monoisotopic (exact) mass is 238 g/mol. The lowest BCUT2D eigenvalue weighted by atomic mass is 9.94. The lowest BCUT2D eigenvalue weighted by Gasteiger charge is -2.35. The Morgan fingerprint density at radius 3 is 2.41 bits per heavy atom. The van der Waals surface area contributed by atoms with Crippen molar-refractivity contribution in [3.63, 3.8) is 0 Å². The number of nitrogens with zero attached hydrogens (tertiary/aromatic N) is 1. The molecule has 1 amide bonds. The van der Waals surface area contributed by atoms with Crippen LogP contribution in [0.2, 0.25) is 0 Å². The largest absolute Gasteiger partial charge is 0.338 e. The van der Waals surface area contributed by atoms with Crippen LogP contribution in [0.25, 0.3) is 0 Å². The van der Waals surface area contributed by atoms with Crippen LogP contribution < -0.4 is 5.32 Å². The minimum atomic E-state index is -0.415. The molecule has 1 heterocycles. The van der Waals surface area contributed by atoms with Gasteiger partial charge in [0.1, 0.15) is 0 Å². The fraction of sp³-hybridized carbons (Fsp3) is 0.929. The van der Waals surface area contributed by atoms with Crippen LogP contribution in [0.1, 0.15) is 52.4 Å². The maximum absolute atomic E-state index is 12.5. The first kappa shape index (κ1) is 12.9. The van der Waals surface area contributed by atoms with Gasteiger partial charge >= 0.3 is 0 Å². The number of carbonyl (C=O) groups excluding carboxylic acids is 1. The zero-order valence-corrected chi connectivity index (χ0v) is 11.5. The number of nitrogens with one attached hydrogen (secondary N) is 1. The number of likely N-dealkylation sites (tertiary alicyclic amines) is 1. The third-order valence-corrected chi connectivity index (χ3v) is 4.66. The van der Waals surface area contributed by atoms with Gasteiger partial charge in [-0.25, -0.2) is 0 Å². The highest BCUT2D eigenvalue weighted by Gasteiger charge is 2.40. The van der Waals surface area contributed by atoms with E-state index in [9.17, 15) is 4.79 Å². The number of likely N-dealkylation sites (N-methyl/N-ethyl adjacent to an activating group) is 1. The van der Waals surface area contributed by atoms with Gasteiger partial charge in [-0.05, 0) is 52.5 Å². The minimum absolute atomic E-state index is 0.286. The van der Waals surface area contributed by atoms with E-state index in [-0.39, 0.29) is 5.91 Å². The Bertz CT molecular complexity index is 282. The summed E-state index contributed by atoms with van der Waals surface area (Å²) in [6.07, 6.45) is 7.78. The second-order valence-corrected chi connectivity index (χ2v) is 6.13. The van der Waals surface area contributed by atoms with Crippen LogP contribution in [0.5, 0.6) is 0 Å². The Labute approximate surface area is 105 Å². The van der Waals surface area contributed by atoms with E-state index in [2.05, 4.69) is 10.2 Å². The van der Waals surface area contributed by atoms with Crippen molar-refractivity contribution >= 4 is 5.91 Å². The Morgan fingerprint density at radius 1 is 1.18 bits per heavy atom. The molecule has 1 unspecified atom stereocenters. The van der Waals surface area contributed by atoms with E-state index in [0.29, 0.717) is 6.04 Å². The molecule has 0 aromatic carbocycles. The molecule has 0 radical (unpaired) electrons. The first-order chi connectivity index (χ1) is 8.06. The summed E-state index contributed by atoms with van der Waals surface area (Å²) in [5.74, 6) is 1.06. The van der Waals surface area contributed by atoms with Crippen molar-refractivity contribution < 1.29 is 4.79 Å². The summed E-state index contributed by atoms with van der Waals surface area (Å²) >= 11 is 0. The molecule has 2 rings (SSSR count). The van der Waals surface area contributed by atoms with Crippen molar-refractivity contribution in [3.05, 3.63) is 0 Å². The fourth-order valence-electron chi connectivity index (χ4n) is 3.34. The van der Waals surface area contributed by atoms with E-state index in [1.165, 1.54) is 38.5 Å². The van der Waals surface area contributed by atoms with Crippen LogP contribution in [0.3, 0.4) is 0 Å².